The van der Waals surface area contributed by atoms with E-state index in [-0.39, 0.29) is 11.9 Å². The van der Waals surface area contributed by atoms with Crippen LogP contribution in [0.5, 0.6) is 5.75 Å². The van der Waals surface area contributed by atoms with Gasteiger partial charge in [0.25, 0.3) is 0 Å². The summed E-state index contributed by atoms with van der Waals surface area (Å²) in [6, 6.07) is 5.58. The normalized spacial score (nSPS) is 15.5. The Morgan fingerprint density at radius 2 is 2.17 bits per heavy atom. The summed E-state index contributed by atoms with van der Waals surface area (Å²) < 4.78 is 5.09. The molecule has 2 rings (SSSR count). The second-order valence-electron chi connectivity index (χ2n) is 5.54. The minimum absolute atomic E-state index is 0.0286. The van der Waals surface area contributed by atoms with Crippen LogP contribution < -0.4 is 21.1 Å². The second kappa shape index (κ2) is 8.62. The molecule has 7 heteroatoms. The quantitative estimate of drug-likeness (QED) is 0.549. The molecule has 1 aliphatic rings. The van der Waals surface area contributed by atoms with Crippen molar-refractivity contribution in [1.82, 2.24) is 5.32 Å². The average molecular weight is 339 g/mol. The van der Waals surface area contributed by atoms with Crippen molar-refractivity contribution in [2.45, 2.75) is 38.1 Å². The van der Waals surface area contributed by atoms with E-state index in [1.165, 1.54) is 12.8 Å². The molecule has 0 atom stereocenters. The van der Waals surface area contributed by atoms with Gasteiger partial charge in [-0.3, -0.25) is 9.79 Å². The molecule has 0 saturated heterocycles. The van der Waals surface area contributed by atoms with E-state index in [0.29, 0.717) is 35.5 Å². The van der Waals surface area contributed by atoms with Gasteiger partial charge >= 0.3 is 0 Å². The maximum atomic E-state index is 11.8. The molecule has 1 aromatic carbocycles. The molecule has 1 fully saturated rings. The number of hydrogen-bond acceptors (Lipinski definition) is 3. The number of rotatable bonds is 6. The summed E-state index contributed by atoms with van der Waals surface area (Å²) in [6.45, 7) is 0.348. The highest BCUT2D eigenvalue weighted by Crippen LogP contribution is 2.27. The number of carbonyl (C=O) groups excluding carboxylic acids is 1. The number of ether oxygens (including phenoxy) is 1. The molecule has 0 heterocycles. The lowest BCUT2D eigenvalue weighted by Gasteiger charge is -2.11. The van der Waals surface area contributed by atoms with E-state index in [2.05, 4.69) is 15.6 Å². The van der Waals surface area contributed by atoms with E-state index < -0.39 is 0 Å². The molecule has 6 nitrogen and oxygen atoms in total. The summed E-state index contributed by atoms with van der Waals surface area (Å²) in [5, 5.41) is 6.45. The van der Waals surface area contributed by atoms with Crippen LogP contribution in [0.15, 0.2) is 23.2 Å². The highest BCUT2D eigenvalue weighted by molar-refractivity contribution is 6.32. The minimum atomic E-state index is 0.0286. The van der Waals surface area contributed by atoms with Crippen molar-refractivity contribution < 1.29 is 9.53 Å². The molecule has 0 aromatic heterocycles. The molecule has 23 heavy (non-hydrogen) atoms. The number of anilines is 1. The number of nitrogens with one attached hydrogen (secondary N) is 2. The van der Waals surface area contributed by atoms with Crippen LogP contribution in [0.2, 0.25) is 5.02 Å². The third-order valence-corrected chi connectivity index (χ3v) is 4.06. The first kappa shape index (κ1) is 17.4. The van der Waals surface area contributed by atoms with E-state index in [1.54, 1.807) is 25.3 Å². The Hall–Kier alpha value is -1.95. The van der Waals surface area contributed by atoms with Crippen molar-refractivity contribution in [3.63, 3.8) is 0 Å². The number of nitrogens with zero attached hydrogens (tertiary/aromatic N) is 1. The number of hydrogen-bond donors (Lipinski definition) is 3. The number of methoxy groups -OCH3 is 1. The molecule has 1 amide bonds. The van der Waals surface area contributed by atoms with Gasteiger partial charge in [-0.1, -0.05) is 24.4 Å². The lowest BCUT2D eigenvalue weighted by molar-refractivity contribution is -0.121. The number of aliphatic imine (C=N–C) groups is 1. The summed E-state index contributed by atoms with van der Waals surface area (Å²) in [5.74, 6) is 0.872. The van der Waals surface area contributed by atoms with E-state index in [9.17, 15) is 4.79 Å². The van der Waals surface area contributed by atoms with E-state index in [0.717, 1.165) is 12.8 Å². The number of benzene rings is 1. The van der Waals surface area contributed by atoms with Gasteiger partial charge in [-0.2, -0.15) is 0 Å². The topological polar surface area (TPSA) is 88.7 Å². The van der Waals surface area contributed by atoms with E-state index in [1.807, 2.05) is 0 Å². The summed E-state index contributed by atoms with van der Waals surface area (Å²) in [5.41, 5.74) is 6.52. The summed E-state index contributed by atoms with van der Waals surface area (Å²) >= 11 is 6.04. The Morgan fingerprint density at radius 1 is 1.43 bits per heavy atom. The molecular formula is C16H23ClN4O2. The monoisotopic (exact) mass is 338 g/mol. The summed E-state index contributed by atoms with van der Waals surface area (Å²) in [4.78, 5) is 15.9. The van der Waals surface area contributed by atoms with Crippen LogP contribution in [0.25, 0.3) is 0 Å². The Balaban J connectivity index is 1.76. The lowest BCUT2D eigenvalue weighted by Crippen LogP contribution is -2.33. The first-order valence-electron chi connectivity index (χ1n) is 7.78. The third kappa shape index (κ3) is 5.63. The van der Waals surface area contributed by atoms with Gasteiger partial charge in [-0.15, -0.1) is 0 Å². The maximum absolute atomic E-state index is 11.8. The van der Waals surface area contributed by atoms with Gasteiger partial charge in [0.05, 0.1) is 18.7 Å². The molecule has 4 N–H and O–H groups in total. The largest absolute Gasteiger partial charge is 0.495 e. The van der Waals surface area contributed by atoms with Crippen molar-refractivity contribution in [1.29, 1.82) is 0 Å². The Bertz CT molecular complexity index is 571. The SMILES string of the molecule is COc1ccc(NC(N)=NCCC(=O)NC2CCCC2)cc1Cl. The fourth-order valence-corrected chi connectivity index (χ4v) is 2.84. The maximum Gasteiger partial charge on any atom is 0.222 e. The van der Waals surface area contributed by atoms with E-state index >= 15 is 0 Å². The predicted octanol–water partition coefficient (Wildman–Crippen LogP) is 2.52. The summed E-state index contributed by atoms with van der Waals surface area (Å²) in [6.07, 6.45) is 4.89. The fourth-order valence-electron chi connectivity index (χ4n) is 2.58. The van der Waals surface area contributed by atoms with Gasteiger partial charge in [0, 0.05) is 18.2 Å². The fraction of sp³-hybridized carbons (Fsp3) is 0.500. The van der Waals surface area contributed by atoms with Gasteiger partial charge < -0.3 is 21.1 Å². The van der Waals surface area contributed by atoms with Crippen LogP contribution in [0, 0.1) is 0 Å². The van der Waals surface area contributed by atoms with E-state index in [4.69, 9.17) is 22.1 Å². The molecule has 1 saturated carbocycles. The Morgan fingerprint density at radius 3 is 2.83 bits per heavy atom. The predicted molar refractivity (Wildman–Crippen MR) is 93.1 cm³/mol. The molecule has 0 unspecified atom stereocenters. The molecule has 0 spiro atoms. The van der Waals surface area contributed by atoms with Crippen LogP contribution in [0.1, 0.15) is 32.1 Å². The van der Waals surface area contributed by atoms with Crippen LogP contribution >= 0.6 is 11.6 Å². The van der Waals surface area contributed by atoms with Crippen LogP contribution in [-0.2, 0) is 4.79 Å². The highest BCUT2D eigenvalue weighted by atomic mass is 35.5. The number of nitrogens with two attached hydrogens (primary N) is 1. The van der Waals surface area contributed by atoms with Gasteiger partial charge in [0.1, 0.15) is 5.75 Å². The third-order valence-electron chi connectivity index (χ3n) is 3.77. The molecule has 0 bridgehead atoms. The van der Waals surface area contributed by atoms with Crippen LogP contribution in [0.3, 0.4) is 0 Å². The van der Waals surface area contributed by atoms with Crippen molar-refractivity contribution in [3.05, 3.63) is 23.2 Å². The molecular weight excluding hydrogens is 316 g/mol. The second-order valence-corrected chi connectivity index (χ2v) is 5.95. The number of halogens is 1. The van der Waals surface area contributed by atoms with Gasteiger partial charge in [0.15, 0.2) is 5.96 Å². The molecule has 1 aliphatic carbocycles. The van der Waals surface area contributed by atoms with Crippen molar-refractivity contribution in [2.75, 3.05) is 19.0 Å². The van der Waals surface area contributed by atoms with Gasteiger partial charge in [0.2, 0.25) is 5.91 Å². The molecule has 1 aromatic rings. The average Bonchev–Trinajstić information content (AvgIpc) is 3.00. The number of amides is 1. The number of guanidine groups is 1. The highest BCUT2D eigenvalue weighted by Gasteiger charge is 2.16. The molecule has 0 radical (unpaired) electrons. The van der Waals surface area contributed by atoms with Crippen molar-refractivity contribution in [2.24, 2.45) is 10.7 Å². The van der Waals surface area contributed by atoms with Crippen molar-refractivity contribution >= 4 is 29.2 Å². The Kier molecular flexibility index (Phi) is 6.52. The van der Waals surface area contributed by atoms with Gasteiger partial charge in [-0.05, 0) is 31.0 Å². The van der Waals surface area contributed by atoms with Crippen LogP contribution in [-0.4, -0.2) is 31.6 Å². The zero-order valence-electron chi connectivity index (χ0n) is 13.3. The minimum Gasteiger partial charge on any atom is -0.495 e. The Labute approximate surface area is 141 Å². The molecule has 126 valence electrons. The zero-order valence-corrected chi connectivity index (χ0v) is 14.0. The first-order chi connectivity index (χ1) is 11.1. The van der Waals surface area contributed by atoms with Gasteiger partial charge in [-0.25, -0.2) is 0 Å². The smallest absolute Gasteiger partial charge is 0.222 e. The zero-order chi connectivity index (χ0) is 16.7. The first-order valence-corrected chi connectivity index (χ1v) is 8.16. The standard InChI is InChI=1S/C16H23ClN4O2/c1-23-14-7-6-12(10-13(14)17)21-16(18)19-9-8-15(22)20-11-4-2-3-5-11/h6-7,10-11H,2-5,8-9H2,1H3,(H,20,22)(H3,18,19,21). The summed E-state index contributed by atoms with van der Waals surface area (Å²) in [7, 11) is 1.56. The number of carbonyl (C=O) groups is 1. The lowest BCUT2D eigenvalue weighted by atomic mass is 10.2. The van der Waals surface area contributed by atoms with Crippen molar-refractivity contribution in [3.8, 4) is 5.75 Å². The van der Waals surface area contributed by atoms with Crippen LogP contribution in [0.4, 0.5) is 5.69 Å². The molecule has 0 aliphatic heterocycles.